The molecule has 1 atom stereocenters. The summed E-state index contributed by atoms with van der Waals surface area (Å²) in [5.41, 5.74) is 5.28. The Kier molecular flexibility index (Phi) is 2.50. The van der Waals surface area contributed by atoms with Crippen LogP contribution in [0.15, 0.2) is 0 Å². The summed E-state index contributed by atoms with van der Waals surface area (Å²) in [7, 11) is 0. The van der Waals surface area contributed by atoms with E-state index in [0.717, 1.165) is 19.3 Å². The van der Waals surface area contributed by atoms with Crippen molar-refractivity contribution in [3.05, 3.63) is 0 Å². The molecule has 0 spiro atoms. The first kappa shape index (κ1) is 11.0. The summed E-state index contributed by atoms with van der Waals surface area (Å²) in [6.45, 7) is 9.12. The Morgan fingerprint density at radius 3 is 2.15 bits per heavy atom. The minimum absolute atomic E-state index is 0.152. The van der Waals surface area contributed by atoms with E-state index in [1.807, 2.05) is 0 Å². The fourth-order valence-corrected chi connectivity index (χ4v) is 2.28. The van der Waals surface area contributed by atoms with Crippen LogP contribution in [0.25, 0.3) is 0 Å². The van der Waals surface area contributed by atoms with E-state index in [1.54, 1.807) is 0 Å². The maximum Gasteiger partial charge on any atom is 0.0715 e. The van der Waals surface area contributed by atoms with E-state index in [2.05, 4.69) is 27.7 Å². The molecule has 0 saturated heterocycles. The molecule has 1 rings (SSSR count). The molecule has 0 aromatic heterocycles. The van der Waals surface area contributed by atoms with Crippen molar-refractivity contribution in [2.75, 3.05) is 6.54 Å². The highest BCUT2D eigenvalue weighted by Crippen LogP contribution is 2.50. The minimum atomic E-state index is -0.550. The van der Waals surface area contributed by atoms with Gasteiger partial charge in [-0.2, -0.15) is 0 Å². The molecule has 1 aliphatic carbocycles. The normalized spacial score (nSPS) is 33.7. The monoisotopic (exact) mass is 185 g/mol. The highest BCUT2D eigenvalue weighted by atomic mass is 16.3. The Morgan fingerprint density at radius 2 is 1.85 bits per heavy atom. The molecule has 0 aromatic carbocycles. The van der Waals surface area contributed by atoms with Crippen molar-refractivity contribution in [1.82, 2.24) is 0 Å². The summed E-state index contributed by atoms with van der Waals surface area (Å²) in [6, 6.07) is 0. The number of aliphatic hydroxyl groups is 1. The molecule has 1 aliphatic rings. The van der Waals surface area contributed by atoms with Gasteiger partial charge in [0.1, 0.15) is 0 Å². The average molecular weight is 185 g/mol. The zero-order chi connectivity index (χ0) is 10.3. The Morgan fingerprint density at radius 1 is 1.31 bits per heavy atom. The molecule has 0 radical (unpaired) electrons. The predicted octanol–water partition coefficient (Wildman–Crippen LogP) is 1.91. The van der Waals surface area contributed by atoms with Crippen molar-refractivity contribution in [2.24, 2.45) is 16.6 Å². The van der Waals surface area contributed by atoms with Crippen LogP contribution in [0.5, 0.6) is 0 Å². The van der Waals surface area contributed by atoms with E-state index in [-0.39, 0.29) is 10.8 Å². The predicted molar refractivity (Wildman–Crippen MR) is 55.4 cm³/mol. The Labute approximate surface area is 81.5 Å². The van der Waals surface area contributed by atoms with Crippen LogP contribution in [0.1, 0.15) is 47.0 Å². The highest BCUT2D eigenvalue weighted by Gasteiger charge is 2.50. The maximum atomic E-state index is 10.5. The Bertz CT molecular complexity index is 198. The van der Waals surface area contributed by atoms with Gasteiger partial charge in [-0.05, 0) is 24.7 Å². The van der Waals surface area contributed by atoms with Gasteiger partial charge in [-0.1, -0.05) is 27.7 Å². The van der Waals surface area contributed by atoms with Crippen LogP contribution in [0.2, 0.25) is 0 Å². The van der Waals surface area contributed by atoms with Crippen LogP contribution >= 0.6 is 0 Å². The van der Waals surface area contributed by atoms with Gasteiger partial charge in [-0.15, -0.1) is 0 Å². The van der Waals surface area contributed by atoms with Gasteiger partial charge in [-0.25, -0.2) is 0 Å². The van der Waals surface area contributed by atoms with Gasteiger partial charge in [0.05, 0.1) is 5.60 Å². The van der Waals surface area contributed by atoms with E-state index in [4.69, 9.17) is 5.73 Å². The number of rotatable bonds is 2. The van der Waals surface area contributed by atoms with Crippen LogP contribution < -0.4 is 5.73 Å². The zero-order valence-corrected chi connectivity index (χ0v) is 9.35. The van der Waals surface area contributed by atoms with Gasteiger partial charge in [0.15, 0.2) is 0 Å². The molecule has 1 saturated carbocycles. The third kappa shape index (κ3) is 1.89. The average Bonchev–Trinajstić information content (AvgIpc) is 2.27. The second-order valence-corrected chi connectivity index (χ2v) is 5.96. The van der Waals surface area contributed by atoms with Crippen LogP contribution in [-0.4, -0.2) is 17.3 Å². The molecule has 1 unspecified atom stereocenters. The zero-order valence-electron chi connectivity index (χ0n) is 9.35. The molecular formula is C11H23NO. The number of hydrogen-bond donors (Lipinski definition) is 2. The number of nitrogens with two attached hydrogens (primary N) is 1. The SMILES string of the molecule is CC1(C)CCC(O)(C(C)(C)CN)C1. The lowest BCUT2D eigenvalue weighted by molar-refractivity contribution is -0.0630. The molecule has 0 bridgehead atoms. The molecule has 2 heteroatoms. The lowest BCUT2D eigenvalue weighted by Crippen LogP contribution is -2.47. The van der Waals surface area contributed by atoms with E-state index >= 15 is 0 Å². The summed E-state index contributed by atoms with van der Waals surface area (Å²) in [5, 5.41) is 10.5. The first-order valence-electron chi connectivity index (χ1n) is 5.15. The highest BCUT2D eigenvalue weighted by molar-refractivity contribution is 5.02. The van der Waals surface area contributed by atoms with Crippen molar-refractivity contribution >= 4 is 0 Å². The largest absolute Gasteiger partial charge is 0.389 e. The van der Waals surface area contributed by atoms with Gasteiger partial charge < -0.3 is 10.8 Å². The first-order valence-corrected chi connectivity index (χ1v) is 5.15. The molecule has 0 aromatic rings. The van der Waals surface area contributed by atoms with Crippen LogP contribution in [0.4, 0.5) is 0 Å². The lowest BCUT2D eigenvalue weighted by atomic mass is 9.72. The van der Waals surface area contributed by atoms with Crippen LogP contribution in [0.3, 0.4) is 0 Å². The van der Waals surface area contributed by atoms with Crippen molar-refractivity contribution in [3.63, 3.8) is 0 Å². The summed E-state index contributed by atoms with van der Waals surface area (Å²) in [4.78, 5) is 0. The van der Waals surface area contributed by atoms with E-state index in [1.165, 1.54) is 0 Å². The topological polar surface area (TPSA) is 46.2 Å². The summed E-state index contributed by atoms with van der Waals surface area (Å²) >= 11 is 0. The van der Waals surface area contributed by atoms with Gasteiger partial charge in [0, 0.05) is 12.0 Å². The second-order valence-electron chi connectivity index (χ2n) is 5.96. The lowest BCUT2D eigenvalue weighted by Gasteiger charge is -2.40. The summed E-state index contributed by atoms with van der Waals surface area (Å²) in [5.74, 6) is 0. The van der Waals surface area contributed by atoms with Crippen molar-refractivity contribution in [1.29, 1.82) is 0 Å². The van der Waals surface area contributed by atoms with Gasteiger partial charge in [0.25, 0.3) is 0 Å². The van der Waals surface area contributed by atoms with Crippen molar-refractivity contribution in [3.8, 4) is 0 Å². The second kappa shape index (κ2) is 2.96. The smallest absolute Gasteiger partial charge is 0.0715 e. The molecule has 0 amide bonds. The van der Waals surface area contributed by atoms with E-state index in [9.17, 15) is 5.11 Å². The van der Waals surface area contributed by atoms with Crippen LogP contribution in [0, 0.1) is 10.8 Å². The molecule has 2 nitrogen and oxygen atoms in total. The maximum absolute atomic E-state index is 10.5. The molecule has 13 heavy (non-hydrogen) atoms. The van der Waals surface area contributed by atoms with Crippen LogP contribution in [-0.2, 0) is 0 Å². The van der Waals surface area contributed by atoms with E-state index < -0.39 is 5.60 Å². The quantitative estimate of drug-likeness (QED) is 0.690. The van der Waals surface area contributed by atoms with Gasteiger partial charge in [-0.3, -0.25) is 0 Å². The van der Waals surface area contributed by atoms with E-state index in [0.29, 0.717) is 6.54 Å². The molecular weight excluding hydrogens is 162 g/mol. The molecule has 78 valence electrons. The third-order valence-corrected chi connectivity index (χ3v) is 3.76. The van der Waals surface area contributed by atoms with Crippen molar-refractivity contribution in [2.45, 2.75) is 52.6 Å². The molecule has 0 aliphatic heterocycles. The standard InChI is InChI=1S/C11H23NO/c1-9(2)5-6-11(13,7-9)10(3,4)8-12/h13H,5-8,12H2,1-4H3. The third-order valence-electron chi connectivity index (χ3n) is 3.76. The summed E-state index contributed by atoms with van der Waals surface area (Å²) < 4.78 is 0. The minimum Gasteiger partial charge on any atom is -0.389 e. The first-order chi connectivity index (χ1) is 5.72. The molecule has 0 heterocycles. The van der Waals surface area contributed by atoms with Gasteiger partial charge in [0.2, 0.25) is 0 Å². The summed E-state index contributed by atoms with van der Waals surface area (Å²) in [6.07, 6.45) is 2.88. The fraction of sp³-hybridized carbons (Fsp3) is 1.00. The molecule has 3 N–H and O–H groups in total. The Balaban J connectivity index is 2.81. The molecule has 1 fully saturated rings. The number of hydrogen-bond acceptors (Lipinski definition) is 2. The van der Waals surface area contributed by atoms with Gasteiger partial charge >= 0.3 is 0 Å². The van der Waals surface area contributed by atoms with Crippen molar-refractivity contribution < 1.29 is 5.11 Å². The Hall–Kier alpha value is -0.0800. The fourth-order valence-electron chi connectivity index (χ4n) is 2.28.